The zero-order valence-electron chi connectivity index (χ0n) is 12.9. The van der Waals surface area contributed by atoms with Crippen LogP contribution in [-0.2, 0) is 11.3 Å². The lowest BCUT2D eigenvalue weighted by molar-refractivity contribution is -0.116. The summed E-state index contributed by atoms with van der Waals surface area (Å²) < 4.78 is 2.75. The van der Waals surface area contributed by atoms with Crippen LogP contribution in [0.3, 0.4) is 0 Å². The number of fused-ring (bicyclic) bond motifs is 1. The van der Waals surface area contributed by atoms with Gasteiger partial charge in [0.2, 0.25) is 5.91 Å². The number of aryl methyl sites for hydroxylation is 1. The van der Waals surface area contributed by atoms with Gasteiger partial charge in [0.15, 0.2) is 10.8 Å². The molecule has 8 heteroatoms. The Morgan fingerprint density at radius 3 is 2.91 bits per heavy atom. The molecule has 0 radical (unpaired) electrons. The fraction of sp³-hybridized carbons (Fsp3) is 0.333. The van der Waals surface area contributed by atoms with E-state index in [2.05, 4.69) is 29.2 Å². The molecule has 0 aliphatic heterocycles. The van der Waals surface area contributed by atoms with Gasteiger partial charge in [-0.15, -0.1) is 16.4 Å². The minimum atomic E-state index is -0.246. The van der Waals surface area contributed by atoms with Crippen LogP contribution in [0, 0.1) is 0 Å². The molecule has 0 atom stereocenters. The third-order valence-corrected chi connectivity index (χ3v) is 4.17. The van der Waals surface area contributed by atoms with Crippen molar-refractivity contribution >= 4 is 28.0 Å². The maximum atomic E-state index is 12.1. The molecule has 23 heavy (non-hydrogen) atoms. The highest BCUT2D eigenvalue weighted by Crippen LogP contribution is 2.21. The third-order valence-electron chi connectivity index (χ3n) is 3.40. The second kappa shape index (κ2) is 6.33. The Balaban J connectivity index is 1.63. The van der Waals surface area contributed by atoms with Crippen LogP contribution in [0.5, 0.6) is 0 Å². The van der Waals surface area contributed by atoms with Gasteiger partial charge in [0.1, 0.15) is 0 Å². The van der Waals surface area contributed by atoms with E-state index in [1.54, 1.807) is 18.3 Å². The number of hydrogen-bond donors (Lipinski definition) is 1. The maximum absolute atomic E-state index is 12.1. The molecule has 3 rings (SSSR count). The SMILES string of the molecule is CC(C)c1csc(NC(=O)CCn2nc3ccccn3c2=O)n1. The number of carbonyl (C=O) groups is 1. The highest BCUT2D eigenvalue weighted by molar-refractivity contribution is 7.13. The van der Waals surface area contributed by atoms with E-state index in [9.17, 15) is 9.59 Å². The molecule has 0 aliphatic carbocycles. The molecular weight excluding hydrogens is 314 g/mol. The van der Waals surface area contributed by atoms with Crippen molar-refractivity contribution in [2.75, 3.05) is 5.32 Å². The minimum Gasteiger partial charge on any atom is -0.302 e. The average molecular weight is 331 g/mol. The summed E-state index contributed by atoms with van der Waals surface area (Å²) in [7, 11) is 0. The maximum Gasteiger partial charge on any atom is 0.350 e. The Morgan fingerprint density at radius 1 is 1.39 bits per heavy atom. The molecule has 0 saturated carbocycles. The second-order valence-corrected chi connectivity index (χ2v) is 6.32. The standard InChI is InChI=1S/C15H17N5O2S/c1-10(2)11-9-23-14(16-11)17-13(21)6-8-20-15(22)19-7-4-3-5-12(19)18-20/h3-5,7,9-10H,6,8H2,1-2H3,(H,16,17,21). The van der Waals surface area contributed by atoms with Crippen LogP contribution >= 0.6 is 11.3 Å². The molecular formula is C15H17N5O2S. The van der Waals surface area contributed by atoms with Gasteiger partial charge < -0.3 is 5.32 Å². The average Bonchev–Trinajstić information content (AvgIpc) is 3.11. The number of carbonyl (C=O) groups excluding carboxylic acids is 1. The van der Waals surface area contributed by atoms with E-state index in [0.29, 0.717) is 16.7 Å². The smallest absolute Gasteiger partial charge is 0.302 e. The molecule has 0 aromatic carbocycles. The topological polar surface area (TPSA) is 81.3 Å². The molecule has 7 nitrogen and oxygen atoms in total. The van der Waals surface area contributed by atoms with Crippen molar-refractivity contribution in [2.45, 2.75) is 32.7 Å². The first-order valence-corrected chi connectivity index (χ1v) is 8.22. The van der Waals surface area contributed by atoms with Crippen LogP contribution in [0.25, 0.3) is 5.65 Å². The Morgan fingerprint density at radius 2 is 2.22 bits per heavy atom. The number of thiazole rings is 1. The van der Waals surface area contributed by atoms with Gasteiger partial charge in [-0.1, -0.05) is 19.9 Å². The van der Waals surface area contributed by atoms with Crippen molar-refractivity contribution < 1.29 is 4.79 Å². The molecule has 0 spiro atoms. The van der Waals surface area contributed by atoms with Gasteiger partial charge in [-0.3, -0.25) is 9.20 Å². The molecule has 0 unspecified atom stereocenters. The van der Waals surface area contributed by atoms with Gasteiger partial charge in [0, 0.05) is 18.0 Å². The molecule has 0 aliphatic rings. The summed E-state index contributed by atoms with van der Waals surface area (Å²) in [5.41, 5.74) is 1.28. The molecule has 120 valence electrons. The molecule has 0 fully saturated rings. The molecule has 3 aromatic heterocycles. The van der Waals surface area contributed by atoms with Crippen LogP contribution in [0.15, 0.2) is 34.6 Å². The van der Waals surface area contributed by atoms with Crippen molar-refractivity contribution in [3.8, 4) is 0 Å². The Bertz CT molecular complexity index is 893. The Labute approximate surface area is 136 Å². The van der Waals surface area contributed by atoms with Gasteiger partial charge >= 0.3 is 5.69 Å². The van der Waals surface area contributed by atoms with Crippen molar-refractivity contribution in [1.82, 2.24) is 19.2 Å². The van der Waals surface area contributed by atoms with Crippen LogP contribution < -0.4 is 11.0 Å². The van der Waals surface area contributed by atoms with E-state index in [0.717, 1.165) is 5.69 Å². The van der Waals surface area contributed by atoms with Gasteiger partial charge in [-0.25, -0.2) is 14.5 Å². The molecule has 3 heterocycles. The van der Waals surface area contributed by atoms with Gasteiger partial charge in [0.05, 0.1) is 12.2 Å². The monoisotopic (exact) mass is 331 g/mol. The predicted octanol–water partition coefficient (Wildman–Crippen LogP) is 2.10. The first-order chi connectivity index (χ1) is 11.0. The molecule has 1 amide bonds. The van der Waals surface area contributed by atoms with E-state index in [1.807, 2.05) is 11.4 Å². The number of aromatic nitrogens is 4. The lowest BCUT2D eigenvalue weighted by atomic mass is 10.2. The quantitative estimate of drug-likeness (QED) is 0.776. The zero-order chi connectivity index (χ0) is 16.4. The van der Waals surface area contributed by atoms with E-state index < -0.39 is 0 Å². The van der Waals surface area contributed by atoms with Gasteiger partial charge in [0.25, 0.3) is 0 Å². The predicted molar refractivity (Wildman–Crippen MR) is 88.9 cm³/mol. The van der Waals surface area contributed by atoms with E-state index in [-0.39, 0.29) is 24.6 Å². The lowest BCUT2D eigenvalue weighted by Gasteiger charge is -2.01. The van der Waals surface area contributed by atoms with Crippen molar-refractivity contribution in [2.24, 2.45) is 0 Å². The number of anilines is 1. The van der Waals surface area contributed by atoms with Crippen molar-refractivity contribution in [3.63, 3.8) is 0 Å². The molecule has 0 saturated heterocycles. The minimum absolute atomic E-state index is 0.167. The van der Waals surface area contributed by atoms with Crippen LogP contribution in [0.4, 0.5) is 5.13 Å². The number of hydrogen-bond acceptors (Lipinski definition) is 5. The Hall–Kier alpha value is -2.48. The van der Waals surface area contributed by atoms with Crippen LogP contribution in [-0.4, -0.2) is 25.1 Å². The van der Waals surface area contributed by atoms with Crippen molar-refractivity contribution in [1.29, 1.82) is 0 Å². The lowest BCUT2D eigenvalue weighted by Crippen LogP contribution is -2.24. The number of nitrogens with zero attached hydrogens (tertiary/aromatic N) is 4. The van der Waals surface area contributed by atoms with Crippen molar-refractivity contribution in [3.05, 3.63) is 46.0 Å². The van der Waals surface area contributed by atoms with Gasteiger partial charge in [-0.2, -0.15) is 0 Å². The normalized spacial score (nSPS) is 11.3. The highest BCUT2D eigenvalue weighted by atomic mass is 32.1. The van der Waals surface area contributed by atoms with Crippen LogP contribution in [0.2, 0.25) is 0 Å². The molecule has 3 aromatic rings. The fourth-order valence-corrected chi connectivity index (χ4v) is 3.00. The summed E-state index contributed by atoms with van der Waals surface area (Å²) in [6, 6.07) is 5.33. The second-order valence-electron chi connectivity index (χ2n) is 5.46. The summed E-state index contributed by atoms with van der Waals surface area (Å²) in [5.74, 6) is 0.145. The highest BCUT2D eigenvalue weighted by Gasteiger charge is 2.11. The van der Waals surface area contributed by atoms with Gasteiger partial charge in [-0.05, 0) is 18.1 Å². The first-order valence-electron chi connectivity index (χ1n) is 7.34. The van der Waals surface area contributed by atoms with E-state index >= 15 is 0 Å². The third kappa shape index (κ3) is 3.31. The summed E-state index contributed by atoms with van der Waals surface area (Å²) in [5, 5.41) is 9.47. The summed E-state index contributed by atoms with van der Waals surface area (Å²) >= 11 is 1.40. The van der Waals surface area contributed by atoms with E-state index in [4.69, 9.17) is 0 Å². The number of pyridine rings is 1. The first kappa shape index (κ1) is 15.4. The summed E-state index contributed by atoms with van der Waals surface area (Å²) in [6.45, 7) is 4.34. The number of amides is 1. The summed E-state index contributed by atoms with van der Waals surface area (Å²) in [6.07, 6.45) is 1.82. The molecule has 1 N–H and O–H groups in total. The largest absolute Gasteiger partial charge is 0.350 e. The fourth-order valence-electron chi connectivity index (χ4n) is 2.11. The summed E-state index contributed by atoms with van der Waals surface area (Å²) in [4.78, 5) is 28.5. The number of rotatable bonds is 5. The number of nitrogens with one attached hydrogen (secondary N) is 1. The zero-order valence-corrected chi connectivity index (χ0v) is 13.7. The van der Waals surface area contributed by atoms with Crippen LogP contribution in [0.1, 0.15) is 31.9 Å². The Kier molecular flexibility index (Phi) is 4.24. The molecule has 0 bridgehead atoms. The van der Waals surface area contributed by atoms with E-state index in [1.165, 1.54) is 20.4 Å².